The van der Waals surface area contributed by atoms with Gasteiger partial charge in [0.05, 0.1) is 6.54 Å². The number of nitrogens with zero attached hydrogens (tertiary/aromatic N) is 5. The Hall–Kier alpha value is -3.23. The Bertz CT molecular complexity index is 898. The predicted octanol–water partition coefficient (Wildman–Crippen LogP) is 1.55. The van der Waals surface area contributed by atoms with E-state index in [1.165, 1.54) is 9.80 Å². The average molecular weight is 413 g/mol. The van der Waals surface area contributed by atoms with Crippen molar-refractivity contribution in [1.29, 1.82) is 0 Å². The second-order valence-electron chi connectivity index (χ2n) is 7.38. The standard InChI is InChI=1S/C21H27N5O4/c1-4-5-11-25-12-13-26(21(29)20(25)28)18(16-9-7-6-8-10-16)19(27)24(3)14-17-22-15(2)30-23-17/h6-10,18H,4-5,11-14H2,1-3H3/t18-/m0/s1. The van der Waals surface area contributed by atoms with Gasteiger partial charge in [0.2, 0.25) is 11.8 Å². The molecule has 1 aromatic carbocycles. The summed E-state index contributed by atoms with van der Waals surface area (Å²) in [5.41, 5.74) is 0.654. The van der Waals surface area contributed by atoms with Crippen molar-refractivity contribution in [3.63, 3.8) is 0 Å². The van der Waals surface area contributed by atoms with Gasteiger partial charge in [-0.3, -0.25) is 14.4 Å². The maximum absolute atomic E-state index is 13.4. The molecule has 1 fully saturated rings. The molecule has 1 atom stereocenters. The number of piperazine rings is 1. The summed E-state index contributed by atoms with van der Waals surface area (Å²) in [4.78, 5) is 47.5. The first-order valence-electron chi connectivity index (χ1n) is 10.1. The molecule has 0 spiro atoms. The number of unbranched alkanes of at least 4 members (excludes halogenated alkanes) is 1. The average Bonchev–Trinajstić information content (AvgIpc) is 3.16. The van der Waals surface area contributed by atoms with E-state index in [2.05, 4.69) is 10.1 Å². The summed E-state index contributed by atoms with van der Waals surface area (Å²) < 4.78 is 4.97. The van der Waals surface area contributed by atoms with E-state index < -0.39 is 17.9 Å². The van der Waals surface area contributed by atoms with Gasteiger partial charge in [0.1, 0.15) is 6.04 Å². The molecule has 2 heterocycles. The molecular formula is C21H27N5O4. The zero-order valence-corrected chi connectivity index (χ0v) is 17.6. The zero-order valence-electron chi connectivity index (χ0n) is 17.6. The van der Waals surface area contributed by atoms with E-state index in [9.17, 15) is 14.4 Å². The Morgan fingerprint density at radius 1 is 1.20 bits per heavy atom. The number of carbonyl (C=O) groups is 3. The summed E-state index contributed by atoms with van der Waals surface area (Å²) in [6.45, 7) is 5.11. The van der Waals surface area contributed by atoms with Gasteiger partial charge in [-0.05, 0) is 12.0 Å². The highest BCUT2D eigenvalue weighted by Crippen LogP contribution is 2.26. The molecule has 0 unspecified atom stereocenters. The molecule has 9 nitrogen and oxygen atoms in total. The molecule has 1 aliphatic heterocycles. The summed E-state index contributed by atoms with van der Waals surface area (Å²) in [6.07, 6.45) is 1.78. The number of benzene rings is 1. The van der Waals surface area contributed by atoms with Crippen molar-refractivity contribution in [1.82, 2.24) is 24.8 Å². The molecule has 1 aromatic heterocycles. The van der Waals surface area contributed by atoms with Crippen molar-refractivity contribution in [2.45, 2.75) is 39.3 Å². The fourth-order valence-electron chi connectivity index (χ4n) is 3.49. The summed E-state index contributed by atoms with van der Waals surface area (Å²) in [7, 11) is 1.62. The Balaban J connectivity index is 1.83. The highest BCUT2D eigenvalue weighted by molar-refractivity contribution is 6.35. The Morgan fingerprint density at radius 2 is 1.93 bits per heavy atom. The van der Waals surface area contributed by atoms with E-state index in [1.807, 2.05) is 25.1 Å². The quantitative estimate of drug-likeness (QED) is 0.609. The van der Waals surface area contributed by atoms with Crippen LogP contribution in [0.25, 0.3) is 0 Å². The van der Waals surface area contributed by atoms with Crippen molar-refractivity contribution in [2.75, 3.05) is 26.7 Å². The van der Waals surface area contributed by atoms with E-state index in [0.29, 0.717) is 36.9 Å². The SMILES string of the molecule is CCCCN1CCN([C@H](C(=O)N(C)Cc2noc(C)n2)c2ccccc2)C(=O)C1=O. The van der Waals surface area contributed by atoms with Crippen LogP contribution in [0.5, 0.6) is 0 Å². The van der Waals surface area contributed by atoms with Crippen molar-refractivity contribution in [3.05, 3.63) is 47.6 Å². The monoisotopic (exact) mass is 413 g/mol. The predicted molar refractivity (Wildman–Crippen MR) is 108 cm³/mol. The topological polar surface area (TPSA) is 99.8 Å². The molecule has 0 aliphatic carbocycles. The van der Waals surface area contributed by atoms with E-state index in [1.54, 1.807) is 31.0 Å². The summed E-state index contributed by atoms with van der Waals surface area (Å²) in [5.74, 6) is -0.730. The lowest BCUT2D eigenvalue weighted by Gasteiger charge is -2.39. The largest absolute Gasteiger partial charge is 0.340 e. The van der Waals surface area contributed by atoms with Crippen LogP contribution >= 0.6 is 0 Å². The van der Waals surface area contributed by atoms with Crippen LogP contribution in [0, 0.1) is 6.92 Å². The van der Waals surface area contributed by atoms with Crippen LogP contribution in [0.1, 0.15) is 43.1 Å². The van der Waals surface area contributed by atoms with Crippen LogP contribution in [0.3, 0.4) is 0 Å². The Kier molecular flexibility index (Phi) is 6.81. The van der Waals surface area contributed by atoms with Crippen LogP contribution < -0.4 is 0 Å². The summed E-state index contributed by atoms with van der Waals surface area (Å²) in [5, 5.41) is 3.83. The molecule has 3 rings (SSSR count). The molecule has 9 heteroatoms. The highest BCUT2D eigenvalue weighted by Gasteiger charge is 2.40. The van der Waals surface area contributed by atoms with Gasteiger partial charge in [-0.1, -0.05) is 48.8 Å². The molecule has 30 heavy (non-hydrogen) atoms. The van der Waals surface area contributed by atoms with E-state index in [0.717, 1.165) is 12.8 Å². The molecule has 0 N–H and O–H groups in total. The van der Waals surface area contributed by atoms with Gasteiger partial charge in [-0.15, -0.1) is 0 Å². The van der Waals surface area contributed by atoms with Crippen molar-refractivity contribution in [3.8, 4) is 0 Å². The number of hydrogen-bond donors (Lipinski definition) is 0. The summed E-state index contributed by atoms with van der Waals surface area (Å²) >= 11 is 0. The van der Waals surface area contributed by atoms with Gasteiger partial charge in [-0.2, -0.15) is 4.98 Å². The number of hydrogen-bond acceptors (Lipinski definition) is 6. The van der Waals surface area contributed by atoms with Crippen molar-refractivity contribution >= 4 is 17.7 Å². The molecule has 160 valence electrons. The number of aromatic nitrogens is 2. The number of carbonyl (C=O) groups excluding carboxylic acids is 3. The van der Waals surface area contributed by atoms with Gasteiger partial charge in [-0.25, -0.2) is 0 Å². The second kappa shape index (κ2) is 9.51. The molecule has 0 radical (unpaired) electrons. The van der Waals surface area contributed by atoms with Crippen molar-refractivity contribution in [2.24, 2.45) is 0 Å². The van der Waals surface area contributed by atoms with Gasteiger partial charge >= 0.3 is 11.8 Å². The molecule has 0 saturated carbocycles. The van der Waals surface area contributed by atoms with Gasteiger partial charge in [0, 0.05) is 33.6 Å². The minimum atomic E-state index is -0.894. The molecule has 2 aromatic rings. The highest BCUT2D eigenvalue weighted by atomic mass is 16.5. The van der Waals surface area contributed by atoms with Gasteiger partial charge < -0.3 is 19.2 Å². The molecule has 1 aliphatic rings. The molecule has 1 saturated heterocycles. The Labute approximate surface area is 175 Å². The van der Waals surface area contributed by atoms with E-state index in [-0.39, 0.29) is 12.5 Å². The first-order valence-corrected chi connectivity index (χ1v) is 10.1. The van der Waals surface area contributed by atoms with Crippen molar-refractivity contribution < 1.29 is 18.9 Å². The van der Waals surface area contributed by atoms with Gasteiger partial charge in [0.15, 0.2) is 5.82 Å². The van der Waals surface area contributed by atoms with Crippen LogP contribution in [-0.2, 0) is 20.9 Å². The van der Waals surface area contributed by atoms with E-state index >= 15 is 0 Å². The normalized spacial score (nSPS) is 15.4. The molecule has 0 bridgehead atoms. The smallest absolute Gasteiger partial charge is 0.313 e. The third-order valence-electron chi connectivity index (χ3n) is 5.11. The maximum atomic E-state index is 13.4. The number of amides is 3. The first kappa shape index (κ1) is 21.5. The van der Waals surface area contributed by atoms with Crippen LogP contribution in [0.2, 0.25) is 0 Å². The van der Waals surface area contributed by atoms with Crippen LogP contribution in [0.15, 0.2) is 34.9 Å². The lowest BCUT2D eigenvalue weighted by Crippen LogP contribution is -2.57. The minimum Gasteiger partial charge on any atom is -0.340 e. The summed E-state index contributed by atoms with van der Waals surface area (Å²) in [6, 6.07) is 8.14. The second-order valence-corrected chi connectivity index (χ2v) is 7.38. The third-order valence-corrected chi connectivity index (χ3v) is 5.11. The lowest BCUT2D eigenvalue weighted by atomic mass is 10.0. The Morgan fingerprint density at radius 3 is 2.57 bits per heavy atom. The van der Waals surface area contributed by atoms with Gasteiger partial charge in [0.25, 0.3) is 0 Å². The molecule has 3 amide bonds. The fraction of sp³-hybridized carbons (Fsp3) is 0.476. The number of rotatable bonds is 8. The fourth-order valence-corrected chi connectivity index (χ4v) is 3.49. The number of likely N-dealkylation sites (N-methyl/N-ethyl adjacent to an activating group) is 1. The van der Waals surface area contributed by atoms with Crippen LogP contribution in [-0.4, -0.2) is 69.2 Å². The minimum absolute atomic E-state index is 0.137. The maximum Gasteiger partial charge on any atom is 0.313 e. The van der Waals surface area contributed by atoms with Crippen LogP contribution in [0.4, 0.5) is 0 Å². The number of aryl methyl sites for hydroxylation is 1. The molecular weight excluding hydrogens is 386 g/mol. The zero-order chi connectivity index (χ0) is 21.7. The van der Waals surface area contributed by atoms with E-state index in [4.69, 9.17) is 4.52 Å². The lowest BCUT2D eigenvalue weighted by molar-refractivity contribution is -0.161. The first-order chi connectivity index (χ1) is 14.4. The third kappa shape index (κ3) is 4.67.